The van der Waals surface area contributed by atoms with Crippen molar-refractivity contribution < 1.29 is 13.2 Å². The minimum absolute atomic E-state index is 0.0934. The Bertz CT molecular complexity index is 531. The first kappa shape index (κ1) is 16.1. The molecule has 21 heavy (non-hydrogen) atoms. The van der Waals surface area contributed by atoms with Gasteiger partial charge in [0.1, 0.15) is 6.07 Å². The monoisotopic (exact) mass is 361 g/mol. The molecule has 0 spiro atoms. The number of nitriles is 1. The average molecular weight is 362 g/mol. The zero-order valence-electron chi connectivity index (χ0n) is 11.3. The van der Waals surface area contributed by atoms with E-state index < -0.39 is 12.7 Å². The SMILES string of the molecule is N#Cc1ccc(Br)cc1NC1CCN(CC(F)(F)F)CC1. The molecule has 2 rings (SSSR count). The lowest BCUT2D eigenvalue weighted by Crippen LogP contribution is -2.43. The van der Waals surface area contributed by atoms with E-state index in [2.05, 4.69) is 27.3 Å². The Hall–Kier alpha value is -1.26. The number of alkyl halides is 3. The Balaban J connectivity index is 1.92. The Kier molecular flexibility index (Phi) is 5.12. The highest BCUT2D eigenvalue weighted by molar-refractivity contribution is 9.10. The van der Waals surface area contributed by atoms with Crippen molar-refractivity contribution in [2.24, 2.45) is 0 Å². The molecule has 3 nitrogen and oxygen atoms in total. The number of piperidine rings is 1. The molecular formula is C14H15BrF3N3. The van der Waals surface area contributed by atoms with E-state index in [1.54, 1.807) is 12.1 Å². The van der Waals surface area contributed by atoms with Crippen LogP contribution in [0.4, 0.5) is 18.9 Å². The van der Waals surface area contributed by atoms with Gasteiger partial charge in [0.25, 0.3) is 0 Å². The second-order valence-corrected chi connectivity index (χ2v) is 6.03. The fourth-order valence-electron chi connectivity index (χ4n) is 2.44. The van der Waals surface area contributed by atoms with Crippen molar-refractivity contribution >= 4 is 21.6 Å². The van der Waals surface area contributed by atoms with Crippen molar-refractivity contribution in [3.63, 3.8) is 0 Å². The largest absolute Gasteiger partial charge is 0.401 e. The molecule has 1 aliphatic heterocycles. The smallest absolute Gasteiger partial charge is 0.381 e. The first-order valence-corrected chi connectivity index (χ1v) is 7.42. The third-order valence-electron chi connectivity index (χ3n) is 3.45. The molecule has 1 aromatic carbocycles. The van der Waals surface area contributed by atoms with E-state index in [1.807, 2.05) is 6.07 Å². The van der Waals surface area contributed by atoms with Crippen LogP contribution < -0.4 is 5.32 Å². The van der Waals surface area contributed by atoms with Crippen molar-refractivity contribution in [3.8, 4) is 6.07 Å². The van der Waals surface area contributed by atoms with Gasteiger partial charge in [0.15, 0.2) is 0 Å². The van der Waals surface area contributed by atoms with E-state index >= 15 is 0 Å². The van der Waals surface area contributed by atoms with Crippen LogP contribution in [0.5, 0.6) is 0 Å². The summed E-state index contributed by atoms with van der Waals surface area (Å²) in [4.78, 5) is 1.42. The van der Waals surface area contributed by atoms with Crippen LogP contribution in [0.3, 0.4) is 0 Å². The number of halogens is 4. The van der Waals surface area contributed by atoms with Gasteiger partial charge >= 0.3 is 6.18 Å². The number of likely N-dealkylation sites (tertiary alicyclic amines) is 1. The van der Waals surface area contributed by atoms with Crippen LogP contribution in [0.15, 0.2) is 22.7 Å². The van der Waals surface area contributed by atoms with Crippen LogP contribution in [0.25, 0.3) is 0 Å². The molecule has 7 heteroatoms. The summed E-state index contributed by atoms with van der Waals surface area (Å²) in [5.41, 5.74) is 1.26. The highest BCUT2D eigenvalue weighted by atomic mass is 79.9. The van der Waals surface area contributed by atoms with Crippen molar-refractivity contribution in [2.75, 3.05) is 25.0 Å². The molecule has 1 saturated heterocycles. The minimum Gasteiger partial charge on any atom is -0.381 e. The lowest BCUT2D eigenvalue weighted by Gasteiger charge is -2.33. The van der Waals surface area contributed by atoms with Gasteiger partial charge in [-0.05, 0) is 31.0 Å². The van der Waals surface area contributed by atoms with E-state index in [0.717, 1.165) is 10.2 Å². The van der Waals surface area contributed by atoms with Crippen LogP contribution in [-0.2, 0) is 0 Å². The Labute approximate surface area is 129 Å². The number of nitrogens with zero attached hydrogens (tertiary/aromatic N) is 2. The van der Waals surface area contributed by atoms with Crippen molar-refractivity contribution in [3.05, 3.63) is 28.2 Å². The Morgan fingerprint density at radius 1 is 1.33 bits per heavy atom. The van der Waals surface area contributed by atoms with Crippen molar-refractivity contribution in [1.82, 2.24) is 4.90 Å². The summed E-state index contributed by atoms with van der Waals surface area (Å²) >= 11 is 3.35. The third kappa shape index (κ3) is 4.90. The van der Waals surface area contributed by atoms with Gasteiger partial charge in [-0.25, -0.2) is 0 Å². The first-order valence-electron chi connectivity index (χ1n) is 6.62. The van der Waals surface area contributed by atoms with E-state index in [0.29, 0.717) is 31.5 Å². The molecule has 1 fully saturated rings. The molecule has 0 bridgehead atoms. The summed E-state index contributed by atoms with van der Waals surface area (Å²) in [5.74, 6) is 0. The topological polar surface area (TPSA) is 39.1 Å². The van der Waals surface area contributed by atoms with Crippen molar-refractivity contribution in [1.29, 1.82) is 5.26 Å². The van der Waals surface area contributed by atoms with Crippen LogP contribution in [0.2, 0.25) is 0 Å². The van der Waals surface area contributed by atoms with Crippen molar-refractivity contribution in [2.45, 2.75) is 25.1 Å². The minimum atomic E-state index is -4.14. The lowest BCUT2D eigenvalue weighted by atomic mass is 10.0. The summed E-state index contributed by atoms with van der Waals surface area (Å²) in [6.07, 6.45) is -2.88. The number of hydrogen-bond acceptors (Lipinski definition) is 3. The van der Waals surface area contributed by atoms with E-state index in [4.69, 9.17) is 5.26 Å². The quantitative estimate of drug-likeness (QED) is 0.890. The number of anilines is 1. The van der Waals surface area contributed by atoms with E-state index in [9.17, 15) is 13.2 Å². The molecule has 0 saturated carbocycles. The molecule has 1 aromatic rings. The maximum atomic E-state index is 12.3. The summed E-state index contributed by atoms with van der Waals surface area (Å²) in [5, 5.41) is 12.3. The predicted octanol–water partition coefficient (Wildman–Crippen LogP) is 3.76. The third-order valence-corrected chi connectivity index (χ3v) is 3.95. The van der Waals surface area contributed by atoms with Crippen LogP contribution >= 0.6 is 15.9 Å². The van der Waals surface area contributed by atoms with Crippen LogP contribution in [0, 0.1) is 11.3 Å². The van der Waals surface area contributed by atoms with Gasteiger partial charge in [-0.2, -0.15) is 18.4 Å². The molecule has 1 aliphatic rings. The molecule has 1 N–H and O–H groups in total. The van der Waals surface area contributed by atoms with Crippen LogP contribution in [-0.4, -0.2) is 36.8 Å². The second-order valence-electron chi connectivity index (χ2n) is 5.11. The molecule has 0 aliphatic carbocycles. The van der Waals surface area contributed by atoms with Gasteiger partial charge in [0, 0.05) is 23.6 Å². The maximum absolute atomic E-state index is 12.3. The van der Waals surface area contributed by atoms with Gasteiger partial charge in [0.2, 0.25) is 0 Å². The standard InChI is InChI=1S/C14H15BrF3N3/c15-11-2-1-10(8-19)13(7-11)20-12-3-5-21(6-4-12)9-14(16,17)18/h1-2,7,12,20H,3-6,9H2. The van der Waals surface area contributed by atoms with Gasteiger partial charge in [-0.3, -0.25) is 4.90 Å². The second kappa shape index (κ2) is 6.67. The molecule has 1 heterocycles. The summed E-state index contributed by atoms with van der Waals surface area (Å²) in [6, 6.07) is 7.52. The molecular weight excluding hydrogens is 347 g/mol. The summed E-state index contributed by atoms with van der Waals surface area (Å²) < 4.78 is 37.8. The molecule has 0 radical (unpaired) electrons. The lowest BCUT2D eigenvalue weighted by molar-refractivity contribution is -0.147. The normalized spacial score (nSPS) is 17.5. The molecule has 0 atom stereocenters. The predicted molar refractivity (Wildman–Crippen MR) is 78.0 cm³/mol. The molecule has 114 valence electrons. The maximum Gasteiger partial charge on any atom is 0.401 e. The average Bonchev–Trinajstić information content (AvgIpc) is 2.40. The number of nitrogens with one attached hydrogen (secondary N) is 1. The zero-order valence-corrected chi connectivity index (χ0v) is 12.8. The fourth-order valence-corrected chi connectivity index (χ4v) is 2.80. The highest BCUT2D eigenvalue weighted by Crippen LogP contribution is 2.25. The number of benzene rings is 1. The first-order chi connectivity index (χ1) is 9.87. The number of hydrogen-bond donors (Lipinski definition) is 1. The Morgan fingerprint density at radius 3 is 2.57 bits per heavy atom. The Morgan fingerprint density at radius 2 is 2.00 bits per heavy atom. The molecule has 0 amide bonds. The number of rotatable bonds is 3. The van der Waals surface area contributed by atoms with E-state index in [-0.39, 0.29) is 6.04 Å². The van der Waals surface area contributed by atoms with Gasteiger partial charge in [-0.1, -0.05) is 15.9 Å². The summed E-state index contributed by atoms with van der Waals surface area (Å²) in [6.45, 7) is -0.0276. The highest BCUT2D eigenvalue weighted by Gasteiger charge is 2.32. The van der Waals surface area contributed by atoms with Gasteiger partial charge in [0.05, 0.1) is 17.8 Å². The van der Waals surface area contributed by atoms with Gasteiger partial charge in [-0.15, -0.1) is 0 Å². The molecule has 0 aromatic heterocycles. The van der Waals surface area contributed by atoms with Gasteiger partial charge < -0.3 is 5.32 Å². The summed E-state index contributed by atoms with van der Waals surface area (Å²) in [7, 11) is 0. The zero-order chi connectivity index (χ0) is 15.5. The van der Waals surface area contributed by atoms with E-state index in [1.165, 1.54) is 4.90 Å². The molecule has 0 unspecified atom stereocenters. The fraction of sp³-hybridized carbons (Fsp3) is 0.500. The van der Waals surface area contributed by atoms with Crippen LogP contribution in [0.1, 0.15) is 18.4 Å².